The summed E-state index contributed by atoms with van der Waals surface area (Å²) in [6.45, 7) is 2.21. The van der Waals surface area contributed by atoms with Crippen molar-refractivity contribution in [1.82, 2.24) is 0 Å². The minimum Gasteiger partial charge on any atom is -0.465 e. The molecule has 7 nitrogen and oxygen atoms in total. The van der Waals surface area contributed by atoms with Gasteiger partial charge in [0, 0.05) is 17.7 Å². The third-order valence-corrected chi connectivity index (χ3v) is 3.85. The van der Waals surface area contributed by atoms with E-state index in [0.29, 0.717) is 0 Å². The predicted octanol–water partition coefficient (Wildman–Crippen LogP) is 2.40. The van der Waals surface area contributed by atoms with Crippen LogP contribution in [-0.4, -0.2) is 39.1 Å². The van der Waals surface area contributed by atoms with E-state index in [0.717, 1.165) is 0 Å². The summed E-state index contributed by atoms with van der Waals surface area (Å²) in [5, 5.41) is 0. The summed E-state index contributed by atoms with van der Waals surface area (Å²) in [6.07, 6.45) is 0. The smallest absolute Gasteiger partial charge is 0.465 e. The number of carbonyl (C=O) groups is 2. The van der Waals surface area contributed by atoms with Crippen LogP contribution in [0, 0.1) is 11.6 Å². The summed E-state index contributed by atoms with van der Waals surface area (Å²) < 4.78 is 99.8. The number of rotatable bonds is 7. The number of alkyl halides is 3. The highest BCUT2D eigenvalue weighted by molar-refractivity contribution is 7.88. The molecule has 13 heteroatoms. The molecule has 1 aromatic carbocycles. The Bertz CT molecular complexity index is 779. The molecule has 1 rings (SSSR count). The third kappa shape index (κ3) is 5.28. The Labute approximate surface area is 150 Å². The highest BCUT2D eigenvalue weighted by Crippen LogP contribution is 2.32. The minimum atomic E-state index is -6.18. The first kappa shape index (κ1) is 22.6. The quantitative estimate of drug-likeness (QED) is 0.220. The predicted molar refractivity (Wildman–Crippen MR) is 78.0 cm³/mol. The van der Waals surface area contributed by atoms with Gasteiger partial charge in [-0.2, -0.15) is 21.6 Å². The molecule has 0 N–H and O–H groups in total. The maximum Gasteiger partial charge on any atom is 0.534 e. The number of hydrogen-bond acceptors (Lipinski definition) is 7. The highest BCUT2D eigenvalue weighted by atomic mass is 32.2. The average molecular weight is 420 g/mol. The Morgan fingerprint density at radius 3 is 1.74 bits per heavy atom. The molecule has 0 bridgehead atoms. The van der Waals surface area contributed by atoms with Crippen LogP contribution in [0.15, 0.2) is 12.1 Å². The molecule has 0 unspecified atom stereocenters. The van der Waals surface area contributed by atoms with Crippen LogP contribution < -0.4 is 4.18 Å². The van der Waals surface area contributed by atoms with Crippen LogP contribution in [0.1, 0.15) is 25.3 Å². The summed E-state index contributed by atoms with van der Waals surface area (Å²) in [5.41, 5.74) is -7.03. The summed E-state index contributed by atoms with van der Waals surface area (Å²) in [6, 6.07) is 0.153. The van der Waals surface area contributed by atoms with Crippen LogP contribution in [-0.2, 0) is 29.2 Å². The largest absolute Gasteiger partial charge is 0.534 e. The molecular formula is C14H13F5O7S. The van der Waals surface area contributed by atoms with Crippen molar-refractivity contribution in [3.8, 4) is 5.75 Å². The Morgan fingerprint density at radius 1 is 1.00 bits per heavy atom. The molecule has 0 aliphatic carbocycles. The second-order valence-corrected chi connectivity index (χ2v) is 6.26. The van der Waals surface area contributed by atoms with Crippen LogP contribution in [0.4, 0.5) is 22.0 Å². The lowest BCUT2D eigenvalue weighted by atomic mass is 9.97. The number of benzene rings is 1. The molecule has 0 aromatic heterocycles. The Kier molecular flexibility index (Phi) is 7.11. The molecular weight excluding hydrogens is 407 g/mol. The lowest BCUT2D eigenvalue weighted by Gasteiger charge is -2.17. The van der Waals surface area contributed by atoms with Gasteiger partial charge in [0.15, 0.2) is 5.92 Å². The summed E-state index contributed by atoms with van der Waals surface area (Å²) >= 11 is 0. The number of halogens is 5. The molecule has 0 amide bonds. The van der Waals surface area contributed by atoms with E-state index in [4.69, 9.17) is 0 Å². The van der Waals surface area contributed by atoms with Crippen molar-refractivity contribution in [3.05, 3.63) is 29.3 Å². The maximum absolute atomic E-state index is 14.2. The van der Waals surface area contributed by atoms with Crippen molar-refractivity contribution in [2.45, 2.75) is 25.3 Å². The van der Waals surface area contributed by atoms with Gasteiger partial charge in [0.05, 0.1) is 13.2 Å². The summed E-state index contributed by atoms with van der Waals surface area (Å²) in [5.74, 6) is -9.73. The molecule has 0 saturated carbocycles. The Hall–Kier alpha value is -2.44. The van der Waals surface area contributed by atoms with Gasteiger partial charge < -0.3 is 13.7 Å². The van der Waals surface area contributed by atoms with Crippen LogP contribution in [0.5, 0.6) is 5.75 Å². The van der Waals surface area contributed by atoms with E-state index >= 15 is 0 Å². The van der Waals surface area contributed by atoms with Gasteiger partial charge in [-0.05, 0) is 13.8 Å². The number of hydrogen-bond donors (Lipinski definition) is 0. The van der Waals surface area contributed by atoms with Crippen LogP contribution in [0.2, 0.25) is 0 Å². The lowest BCUT2D eigenvalue weighted by Crippen LogP contribution is -2.29. The normalized spacial score (nSPS) is 12.0. The SMILES string of the molecule is CCOC(=O)C(C(=O)OCC)c1c(F)cc(OS(=O)(=O)C(F)(F)F)cc1F. The topological polar surface area (TPSA) is 96.0 Å². The van der Waals surface area contributed by atoms with Gasteiger partial charge in [-0.3, -0.25) is 9.59 Å². The minimum absolute atomic E-state index is 0.0765. The van der Waals surface area contributed by atoms with Gasteiger partial charge in [-0.15, -0.1) is 0 Å². The Morgan fingerprint density at radius 2 is 1.41 bits per heavy atom. The first-order chi connectivity index (χ1) is 12.4. The van der Waals surface area contributed by atoms with Gasteiger partial charge in [0.1, 0.15) is 17.4 Å². The van der Waals surface area contributed by atoms with Crippen molar-refractivity contribution in [3.63, 3.8) is 0 Å². The van der Waals surface area contributed by atoms with Crippen LogP contribution in [0.3, 0.4) is 0 Å². The van der Waals surface area contributed by atoms with E-state index < -0.39 is 56.4 Å². The molecule has 1 aromatic rings. The maximum atomic E-state index is 14.2. The standard InChI is InChI=1S/C14H13F5O7S/c1-3-24-12(20)11(13(21)25-4-2)10-8(15)5-7(6-9(10)16)26-27(22,23)14(17,18)19/h5-6,11H,3-4H2,1-2H3. The number of ether oxygens (including phenoxy) is 2. The fourth-order valence-electron chi connectivity index (χ4n) is 1.84. The molecule has 0 aliphatic heterocycles. The second-order valence-electron chi connectivity index (χ2n) is 4.72. The molecule has 0 atom stereocenters. The average Bonchev–Trinajstić information content (AvgIpc) is 2.49. The number of esters is 2. The fraction of sp³-hybridized carbons (Fsp3) is 0.429. The lowest BCUT2D eigenvalue weighted by molar-refractivity contribution is -0.157. The molecule has 0 radical (unpaired) electrons. The first-order valence-electron chi connectivity index (χ1n) is 7.18. The van der Waals surface area contributed by atoms with Crippen LogP contribution >= 0.6 is 0 Å². The van der Waals surface area contributed by atoms with Crippen molar-refractivity contribution in [1.29, 1.82) is 0 Å². The van der Waals surface area contributed by atoms with E-state index in [1.54, 1.807) is 0 Å². The van der Waals surface area contributed by atoms with E-state index in [1.807, 2.05) is 0 Å². The molecule has 0 spiro atoms. The van der Waals surface area contributed by atoms with Crippen molar-refractivity contribution < 1.29 is 53.6 Å². The fourth-order valence-corrected chi connectivity index (χ4v) is 2.29. The van der Waals surface area contributed by atoms with E-state index in [9.17, 15) is 40.0 Å². The summed E-state index contributed by atoms with van der Waals surface area (Å²) in [4.78, 5) is 23.8. The number of carbonyl (C=O) groups excluding carboxylic acids is 2. The molecule has 0 saturated heterocycles. The van der Waals surface area contributed by atoms with Gasteiger partial charge in [0.2, 0.25) is 0 Å². The molecule has 0 fully saturated rings. The van der Waals surface area contributed by atoms with Crippen molar-refractivity contribution in [2.75, 3.05) is 13.2 Å². The van der Waals surface area contributed by atoms with Gasteiger partial charge >= 0.3 is 27.6 Å². The van der Waals surface area contributed by atoms with Gasteiger partial charge in [-0.25, -0.2) is 8.78 Å². The van der Waals surface area contributed by atoms with Gasteiger partial charge in [0.25, 0.3) is 0 Å². The molecule has 27 heavy (non-hydrogen) atoms. The van der Waals surface area contributed by atoms with Crippen molar-refractivity contribution in [2.24, 2.45) is 0 Å². The van der Waals surface area contributed by atoms with E-state index in [-0.39, 0.29) is 25.3 Å². The van der Waals surface area contributed by atoms with E-state index in [2.05, 4.69) is 13.7 Å². The zero-order chi connectivity index (χ0) is 21.0. The Balaban J connectivity index is 3.40. The molecule has 0 heterocycles. The first-order valence-corrected chi connectivity index (χ1v) is 8.59. The van der Waals surface area contributed by atoms with Crippen LogP contribution in [0.25, 0.3) is 0 Å². The van der Waals surface area contributed by atoms with Gasteiger partial charge in [-0.1, -0.05) is 0 Å². The van der Waals surface area contributed by atoms with Crippen molar-refractivity contribution >= 4 is 22.1 Å². The monoisotopic (exact) mass is 420 g/mol. The summed E-state index contributed by atoms with van der Waals surface area (Å²) in [7, 11) is -6.18. The zero-order valence-corrected chi connectivity index (χ0v) is 14.6. The molecule has 0 aliphatic rings. The highest BCUT2D eigenvalue weighted by Gasteiger charge is 2.49. The second kappa shape index (κ2) is 8.50. The zero-order valence-electron chi connectivity index (χ0n) is 13.8. The van der Waals surface area contributed by atoms with E-state index in [1.165, 1.54) is 13.8 Å². The third-order valence-electron chi connectivity index (χ3n) is 2.88. The molecule has 152 valence electrons.